The number of fused-ring (bicyclic) bond motifs is 1. The number of ether oxygens (including phenoxy) is 1. The van der Waals surface area contributed by atoms with E-state index in [1.807, 2.05) is 24.3 Å². The first-order valence-electron chi connectivity index (χ1n) is 13.7. The Bertz CT molecular complexity index is 1420. The number of amides is 1. The largest absolute Gasteiger partial charge is 0.449 e. The van der Waals surface area contributed by atoms with Crippen molar-refractivity contribution in [1.82, 2.24) is 24.5 Å². The summed E-state index contributed by atoms with van der Waals surface area (Å²) in [7, 11) is 0. The van der Waals surface area contributed by atoms with Gasteiger partial charge in [-0.3, -0.25) is 9.59 Å². The fourth-order valence-electron chi connectivity index (χ4n) is 5.75. The summed E-state index contributed by atoms with van der Waals surface area (Å²) in [6.07, 6.45) is 7.38. The third-order valence-corrected chi connectivity index (χ3v) is 7.90. The van der Waals surface area contributed by atoms with E-state index in [1.165, 1.54) is 37.7 Å². The molecule has 1 saturated carbocycles. The Hall–Kier alpha value is -4.27. The fraction of sp³-hybridized carbons (Fsp3) is 0.367. The van der Waals surface area contributed by atoms with Crippen molar-refractivity contribution in [2.24, 2.45) is 0 Å². The number of rotatable bonds is 7. The molecule has 2 aromatic carbocycles. The SMILES string of the molecule is O=CO[C@@H](C(=O)N1CCN(c2nc3nccc(-c4ccc(C5CCCCC5)cc4)n3n2)CC1)c1ccccc1. The van der Waals surface area contributed by atoms with E-state index in [9.17, 15) is 9.59 Å². The second-order valence-corrected chi connectivity index (χ2v) is 10.2. The average molecular weight is 525 g/mol. The van der Waals surface area contributed by atoms with Crippen molar-refractivity contribution >= 4 is 24.1 Å². The minimum absolute atomic E-state index is 0.225. The highest BCUT2D eigenvalue weighted by Crippen LogP contribution is 2.33. The van der Waals surface area contributed by atoms with Crippen LogP contribution in [0.25, 0.3) is 17.0 Å². The molecular weight excluding hydrogens is 492 g/mol. The second-order valence-electron chi connectivity index (χ2n) is 10.2. The topological polar surface area (TPSA) is 92.9 Å². The van der Waals surface area contributed by atoms with E-state index in [0.29, 0.717) is 55.9 Å². The molecule has 4 aromatic rings. The van der Waals surface area contributed by atoms with Crippen molar-refractivity contribution in [2.45, 2.75) is 44.1 Å². The number of piperazine rings is 1. The van der Waals surface area contributed by atoms with Crippen LogP contribution in [0.4, 0.5) is 5.95 Å². The molecule has 9 heteroatoms. The lowest BCUT2D eigenvalue weighted by molar-refractivity contribution is -0.152. The van der Waals surface area contributed by atoms with Crippen molar-refractivity contribution in [1.29, 1.82) is 0 Å². The van der Waals surface area contributed by atoms with Gasteiger partial charge in [0.25, 0.3) is 18.2 Å². The van der Waals surface area contributed by atoms with Crippen LogP contribution in [0, 0.1) is 0 Å². The molecule has 1 amide bonds. The summed E-state index contributed by atoms with van der Waals surface area (Å²) in [5.74, 6) is 1.57. The lowest BCUT2D eigenvalue weighted by atomic mass is 9.84. The molecule has 200 valence electrons. The van der Waals surface area contributed by atoms with Crippen LogP contribution in [-0.4, -0.2) is 63.0 Å². The van der Waals surface area contributed by atoms with Crippen molar-refractivity contribution in [3.8, 4) is 11.3 Å². The Morgan fingerprint density at radius 1 is 0.923 bits per heavy atom. The normalized spacial score (nSPS) is 17.2. The Labute approximate surface area is 227 Å². The Morgan fingerprint density at radius 3 is 2.38 bits per heavy atom. The first-order valence-corrected chi connectivity index (χ1v) is 13.7. The number of hydrogen-bond acceptors (Lipinski definition) is 7. The zero-order valence-electron chi connectivity index (χ0n) is 21.9. The quantitative estimate of drug-likeness (QED) is 0.331. The molecule has 2 aliphatic rings. The maximum absolute atomic E-state index is 13.2. The van der Waals surface area contributed by atoms with Crippen molar-refractivity contribution in [3.05, 3.63) is 78.0 Å². The van der Waals surface area contributed by atoms with E-state index in [4.69, 9.17) is 9.84 Å². The molecule has 1 aliphatic carbocycles. The molecule has 0 N–H and O–H groups in total. The summed E-state index contributed by atoms with van der Waals surface area (Å²) in [4.78, 5) is 37.2. The van der Waals surface area contributed by atoms with Gasteiger partial charge in [0.1, 0.15) is 0 Å². The zero-order valence-corrected chi connectivity index (χ0v) is 21.9. The average Bonchev–Trinajstić information content (AvgIpc) is 3.45. The summed E-state index contributed by atoms with van der Waals surface area (Å²) in [6, 6.07) is 19.9. The van der Waals surface area contributed by atoms with Gasteiger partial charge in [0, 0.05) is 43.5 Å². The highest BCUT2D eigenvalue weighted by molar-refractivity contribution is 5.83. The standard InChI is InChI=1S/C30H32N6O3/c37-21-39-27(25-9-5-2-6-10-25)28(38)34-17-19-35(20-18-34)30-32-29-31-16-15-26(36(29)33-30)24-13-11-23(12-14-24)22-7-3-1-4-8-22/h2,5-6,9-16,21-22,27H,1,3-4,7-8,17-20H2/t27-/m1/s1. The van der Waals surface area contributed by atoms with E-state index in [0.717, 1.165) is 11.3 Å². The zero-order chi connectivity index (χ0) is 26.6. The van der Waals surface area contributed by atoms with E-state index in [2.05, 4.69) is 39.1 Å². The molecule has 39 heavy (non-hydrogen) atoms. The van der Waals surface area contributed by atoms with Gasteiger partial charge in [-0.2, -0.15) is 9.50 Å². The summed E-state index contributed by atoms with van der Waals surface area (Å²) in [5, 5.41) is 4.80. The molecule has 0 spiro atoms. The molecule has 3 heterocycles. The number of hydrogen-bond donors (Lipinski definition) is 0. The monoisotopic (exact) mass is 524 g/mol. The van der Waals surface area contributed by atoms with Gasteiger partial charge in [-0.05, 0) is 30.4 Å². The smallest absolute Gasteiger partial charge is 0.294 e. The van der Waals surface area contributed by atoms with Gasteiger partial charge in [-0.15, -0.1) is 5.10 Å². The van der Waals surface area contributed by atoms with Crippen molar-refractivity contribution < 1.29 is 14.3 Å². The van der Waals surface area contributed by atoms with Crippen molar-refractivity contribution in [3.63, 3.8) is 0 Å². The first kappa shape index (κ1) is 25.0. The highest BCUT2D eigenvalue weighted by Gasteiger charge is 2.31. The van der Waals surface area contributed by atoms with Gasteiger partial charge < -0.3 is 14.5 Å². The predicted octanol–water partition coefficient (Wildman–Crippen LogP) is 4.40. The maximum atomic E-state index is 13.2. The van der Waals surface area contributed by atoms with Gasteiger partial charge in [0.05, 0.1) is 5.69 Å². The van der Waals surface area contributed by atoms with Gasteiger partial charge in [-0.1, -0.05) is 73.9 Å². The van der Waals surface area contributed by atoms with Crippen LogP contribution < -0.4 is 4.90 Å². The highest BCUT2D eigenvalue weighted by atomic mass is 16.5. The van der Waals surface area contributed by atoms with E-state index < -0.39 is 6.10 Å². The summed E-state index contributed by atoms with van der Waals surface area (Å²) in [6.45, 7) is 2.42. The van der Waals surface area contributed by atoms with Crippen LogP contribution >= 0.6 is 0 Å². The van der Waals surface area contributed by atoms with Crippen LogP contribution in [0.1, 0.15) is 55.3 Å². The Balaban J connectivity index is 1.16. The number of benzene rings is 2. The molecule has 2 fully saturated rings. The molecule has 0 radical (unpaired) electrons. The molecule has 0 bridgehead atoms. The Morgan fingerprint density at radius 2 is 1.67 bits per heavy atom. The maximum Gasteiger partial charge on any atom is 0.294 e. The Kier molecular flexibility index (Phi) is 7.21. The molecule has 1 aliphatic heterocycles. The molecule has 6 rings (SSSR count). The molecule has 9 nitrogen and oxygen atoms in total. The molecule has 0 unspecified atom stereocenters. The number of carbonyl (C=O) groups excluding carboxylic acids is 2. The lowest BCUT2D eigenvalue weighted by Crippen LogP contribution is -2.50. The molecule has 2 aromatic heterocycles. The third-order valence-electron chi connectivity index (χ3n) is 7.90. The van der Waals surface area contributed by atoms with Gasteiger partial charge in [0.2, 0.25) is 12.1 Å². The van der Waals surface area contributed by atoms with Crippen molar-refractivity contribution in [2.75, 3.05) is 31.1 Å². The van der Waals surface area contributed by atoms with Crippen LogP contribution in [0.15, 0.2) is 66.9 Å². The van der Waals surface area contributed by atoms with Gasteiger partial charge >= 0.3 is 0 Å². The van der Waals surface area contributed by atoms with E-state index >= 15 is 0 Å². The minimum Gasteiger partial charge on any atom is -0.449 e. The summed E-state index contributed by atoms with van der Waals surface area (Å²) < 4.78 is 6.97. The number of carbonyl (C=O) groups is 2. The first-order chi connectivity index (χ1) is 19.2. The predicted molar refractivity (Wildman–Crippen MR) is 147 cm³/mol. The van der Waals surface area contributed by atoms with Crippen LogP contribution in [0.2, 0.25) is 0 Å². The van der Waals surface area contributed by atoms with Gasteiger partial charge in [0.15, 0.2) is 0 Å². The summed E-state index contributed by atoms with van der Waals surface area (Å²) >= 11 is 0. The molecular formula is C30H32N6O3. The van der Waals surface area contributed by atoms with Crippen LogP contribution in [0.5, 0.6) is 0 Å². The minimum atomic E-state index is -0.945. The van der Waals surface area contributed by atoms with Crippen LogP contribution in [-0.2, 0) is 14.3 Å². The second kappa shape index (κ2) is 11.2. The third kappa shape index (κ3) is 5.21. The summed E-state index contributed by atoms with van der Waals surface area (Å²) in [5.41, 5.74) is 4.10. The lowest BCUT2D eigenvalue weighted by Gasteiger charge is -2.35. The molecule has 1 atom stereocenters. The van der Waals surface area contributed by atoms with Gasteiger partial charge in [-0.25, -0.2) is 4.98 Å². The molecule has 1 saturated heterocycles. The number of anilines is 1. The van der Waals surface area contributed by atoms with E-state index in [1.54, 1.807) is 27.7 Å². The number of aromatic nitrogens is 4. The van der Waals surface area contributed by atoms with E-state index in [-0.39, 0.29) is 5.91 Å². The van der Waals surface area contributed by atoms with Crippen LogP contribution in [0.3, 0.4) is 0 Å². The number of nitrogens with zero attached hydrogens (tertiary/aromatic N) is 6. The fourth-order valence-corrected chi connectivity index (χ4v) is 5.75.